The lowest BCUT2D eigenvalue weighted by molar-refractivity contribution is -0.0635. The van der Waals surface area contributed by atoms with Gasteiger partial charge in [-0.1, -0.05) is 18.2 Å². The average Bonchev–Trinajstić information content (AvgIpc) is 3.57. The number of carbonyl (C=O) groups excluding carboxylic acids is 1. The molecular formula is C31H40N4O3S. The highest BCUT2D eigenvalue weighted by Crippen LogP contribution is 2.32. The van der Waals surface area contributed by atoms with E-state index in [-0.39, 0.29) is 23.7 Å². The number of aromatic nitrogens is 2. The number of anilines is 1. The number of hydrogen-bond acceptors (Lipinski definition) is 6. The minimum absolute atomic E-state index is 0.0168. The molecule has 3 aromatic rings. The first-order chi connectivity index (χ1) is 18.8. The van der Waals surface area contributed by atoms with Crippen LogP contribution >= 0.6 is 11.3 Å². The van der Waals surface area contributed by atoms with E-state index in [0.29, 0.717) is 12.1 Å². The quantitative estimate of drug-likeness (QED) is 0.304. The first-order valence-electron chi connectivity index (χ1n) is 14.0. The molecule has 7 nitrogen and oxygen atoms in total. The summed E-state index contributed by atoms with van der Waals surface area (Å²) in [7, 11) is 0. The molecule has 39 heavy (non-hydrogen) atoms. The normalized spacial score (nSPS) is 17.0. The molecular weight excluding hydrogens is 508 g/mol. The standard InChI is InChI=1S/C31H40N4O3S/c1-21(38-26-12-15-37-16-13-26)23-9-6-10-24(17-23)28-20-39-30(34-28)33-27(22-7-5-8-22)18-32-29(36)25-11-14-35(19-25)31(2,3)4/h6,9-11,14,17,19-21,26H,5,7-8,12-13,15-16,18H2,1-4H3,(H,32,36)(H,33,34). The van der Waals surface area contributed by atoms with E-state index >= 15 is 0 Å². The molecule has 1 aliphatic heterocycles. The summed E-state index contributed by atoms with van der Waals surface area (Å²) in [6, 6.07) is 10.3. The van der Waals surface area contributed by atoms with E-state index in [1.807, 2.05) is 18.5 Å². The first kappa shape index (κ1) is 27.6. The van der Waals surface area contributed by atoms with Crippen molar-refractivity contribution >= 4 is 22.4 Å². The Balaban J connectivity index is 1.22. The van der Waals surface area contributed by atoms with Crippen LogP contribution in [0.4, 0.5) is 5.13 Å². The third-order valence-electron chi connectivity index (χ3n) is 7.52. The molecule has 1 unspecified atom stereocenters. The maximum absolute atomic E-state index is 12.9. The van der Waals surface area contributed by atoms with Crippen molar-refractivity contribution in [3.63, 3.8) is 0 Å². The highest BCUT2D eigenvalue weighted by atomic mass is 32.1. The fourth-order valence-corrected chi connectivity index (χ4v) is 5.60. The van der Waals surface area contributed by atoms with Gasteiger partial charge in [0.05, 0.1) is 30.0 Å². The van der Waals surface area contributed by atoms with Crippen LogP contribution in [0.15, 0.2) is 59.4 Å². The molecule has 5 rings (SSSR count). The van der Waals surface area contributed by atoms with E-state index in [4.69, 9.17) is 14.5 Å². The van der Waals surface area contributed by atoms with E-state index < -0.39 is 0 Å². The van der Waals surface area contributed by atoms with Crippen LogP contribution in [0, 0.1) is 0 Å². The number of carbonyl (C=O) groups is 1. The molecule has 0 bridgehead atoms. The summed E-state index contributed by atoms with van der Waals surface area (Å²) in [5.41, 5.74) is 6.20. The van der Waals surface area contributed by atoms with Crippen LogP contribution in [0.5, 0.6) is 0 Å². The lowest BCUT2D eigenvalue weighted by Crippen LogP contribution is -2.29. The summed E-state index contributed by atoms with van der Waals surface area (Å²) in [5.74, 6) is -0.0639. The molecule has 0 radical (unpaired) electrons. The van der Waals surface area contributed by atoms with Crippen LogP contribution in [-0.2, 0) is 15.0 Å². The van der Waals surface area contributed by atoms with E-state index in [2.05, 4.69) is 72.5 Å². The zero-order valence-corrected chi connectivity index (χ0v) is 24.3. The van der Waals surface area contributed by atoms with Crippen LogP contribution in [0.1, 0.15) is 81.8 Å². The van der Waals surface area contributed by atoms with Gasteiger partial charge in [0, 0.05) is 47.8 Å². The summed E-state index contributed by atoms with van der Waals surface area (Å²) in [6.45, 7) is 10.5. The molecule has 1 aliphatic carbocycles. The van der Waals surface area contributed by atoms with Gasteiger partial charge in [0.2, 0.25) is 0 Å². The van der Waals surface area contributed by atoms with Gasteiger partial charge >= 0.3 is 0 Å². The molecule has 1 aromatic carbocycles. The van der Waals surface area contributed by atoms with Crippen LogP contribution in [-0.4, -0.2) is 41.3 Å². The monoisotopic (exact) mass is 548 g/mol. The summed E-state index contributed by atoms with van der Waals surface area (Å²) < 4.78 is 13.8. The number of allylic oxidation sites excluding steroid dienone is 1. The lowest BCUT2D eigenvalue weighted by atomic mass is 9.90. The van der Waals surface area contributed by atoms with Crippen LogP contribution in [0.2, 0.25) is 0 Å². The molecule has 1 saturated carbocycles. The van der Waals surface area contributed by atoms with Crippen molar-refractivity contribution in [2.45, 2.75) is 77.5 Å². The Morgan fingerprint density at radius 2 is 2.03 bits per heavy atom. The SMILES string of the molecule is CC(OC1CCOCC1)c1cccc(-c2csc(NC(CNC(=O)c3ccn(C(C)(C)C)c3)=C3CCC3)n2)c1. The second-order valence-corrected chi connectivity index (χ2v) is 12.3. The minimum atomic E-state index is -0.0639. The van der Waals surface area contributed by atoms with E-state index in [0.717, 1.165) is 66.5 Å². The molecule has 208 valence electrons. The van der Waals surface area contributed by atoms with Crippen molar-refractivity contribution in [1.82, 2.24) is 14.9 Å². The van der Waals surface area contributed by atoms with Gasteiger partial charge in [0.1, 0.15) is 0 Å². The molecule has 2 N–H and O–H groups in total. The fraction of sp³-hybridized carbons (Fsp3) is 0.484. The Bertz CT molecular complexity index is 1310. The number of ether oxygens (including phenoxy) is 2. The number of nitrogens with one attached hydrogen (secondary N) is 2. The molecule has 1 atom stereocenters. The van der Waals surface area contributed by atoms with Crippen molar-refractivity contribution in [2.75, 3.05) is 25.1 Å². The first-order valence-corrected chi connectivity index (χ1v) is 14.9. The topological polar surface area (TPSA) is 77.4 Å². The number of rotatable bonds is 9. The Labute approximate surface area is 235 Å². The van der Waals surface area contributed by atoms with Gasteiger partial charge in [-0.3, -0.25) is 4.79 Å². The third-order valence-corrected chi connectivity index (χ3v) is 8.28. The predicted molar refractivity (Wildman–Crippen MR) is 157 cm³/mol. The van der Waals surface area contributed by atoms with Crippen LogP contribution in [0.25, 0.3) is 11.3 Å². The predicted octanol–water partition coefficient (Wildman–Crippen LogP) is 6.90. The highest BCUT2D eigenvalue weighted by Gasteiger charge is 2.20. The zero-order valence-electron chi connectivity index (χ0n) is 23.5. The summed E-state index contributed by atoms with van der Waals surface area (Å²) >= 11 is 1.59. The molecule has 2 aromatic heterocycles. The Morgan fingerprint density at radius 1 is 1.23 bits per heavy atom. The summed E-state index contributed by atoms with van der Waals surface area (Å²) in [4.78, 5) is 17.8. The number of nitrogens with zero attached hydrogens (tertiary/aromatic N) is 2. The number of hydrogen-bond donors (Lipinski definition) is 2. The van der Waals surface area contributed by atoms with E-state index in [1.54, 1.807) is 11.3 Å². The fourth-order valence-electron chi connectivity index (χ4n) is 4.85. The third kappa shape index (κ3) is 6.99. The van der Waals surface area contributed by atoms with Crippen molar-refractivity contribution in [2.24, 2.45) is 0 Å². The van der Waals surface area contributed by atoms with Crippen molar-refractivity contribution in [3.8, 4) is 11.3 Å². The molecule has 2 aliphatic rings. The summed E-state index contributed by atoms with van der Waals surface area (Å²) in [6.07, 6.45) is 9.35. The molecule has 1 saturated heterocycles. The van der Waals surface area contributed by atoms with Gasteiger partial charge in [0.25, 0.3) is 5.91 Å². The molecule has 0 spiro atoms. The molecule has 1 amide bonds. The maximum Gasteiger partial charge on any atom is 0.253 e. The second kappa shape index (κ2) is 12.1. The van der Waals surface area contributed by atoms with Gasteiger partial charge in [-0.05, 0) is 83.1 Å². The molecule has 8 heteroatoms. The van der Waals surface area contributed by atoms with E-state index in [1.165, 1.54) is 12.0 Å². The average molecular weight is 549 g/mol. The molecule has 3 heterocycles. The van der Waals surface area contributed by atoms with Gasteiger partial charge in [-0.2, -0.15) is 0 Å². The van der Waals surface area contributed by atoms with Gasteiger partial charge in [-0.15, -0.1) is 11.3 Å². The smallest absolute Gasteiger partial charge is 0.253 e. The Morgan fingerprint density at radius 3 is 2.72 bits per heavy atom. The highest BCUT2D eigenvalue weighted by molar-refractivity contribution is 7.14. The van der Waals surface area contributed by atoms with Gasteiger partial charge in [0.15, 0.2) is 5.13 Å². The van der Waals surface area contributed by atoms with Crippen LogP contribution < -0.4 is 10.6 Å². The maximum atomic E-state index is 12.9. The number of amides is 1. The number of thiazole rings is 1. The zero-order chi connectivity index (χ0) is 27.4. The van der Waals surface area contributed by atoms with Gasteiger partial charge < -0.3 is 24.7 Å². The van der Waals surface area contributed by atoms with Crippen LogP contribution in [0.3, 0.4) is 0 Å². The Kier molecular flexibility index (Phi) is 8.54. The largest absolute Gasteiger partial charge is 0.381 e. The second-order valence-electron chi connectivity index (χ2n) is 11.5. The van der Waals surface area contributed by atoms with Crippen molar-refractivity contribution in [3.05, 3.63) is 70.5 Å². The Hall–Kier alpha value is -2.94. The van der Waals surface area contributed by atoms with Crippen molar-refractivity contribution in [1.29, 1.82) is 0 Å². The minimum Gasteiger partial charge on any atom is -0.381 e. The number of benzene rings is 1. The molecule has 2 fully saturated rings. The lowest BCUT2D eigenvalue weighted by Gasteiger charge is -2.26. The summed E-state index contributed by atoms with van der Waals surface area (Å²) in [5, 5.41) is 9.56. The van der Waals surface area contributed by atoms with Crippen molar-refractivity contribution < 1.29 is 14.3 Å². The van der Waals surface area contributed by atoms with Gasteiger partial charge in [-0.25, -0.2) is 4.98 Å². The van der Waals surface area contributed by atoms with E-state index in [9.17, 15) is 4.79 Å².